The fourth-order valence-corrected chi connectivity index (χ4v) is 5.24. The molecule has 0 saturated carbocycles. The van der Waals surface area contributed by atoms with Gasteiger partial charge in [-0.05, 0) is 61.1 Å². The number of carbonyl (C=O) groups excluding carboxylic acids is 1. The topological polar surface area (TPSA) is 68.8 Å². The fourth-order valence-electron chi connectivity index (χ4n) is 3.95. The number of hydrogen-bond acceptors (Lipinski definition) is 6. The Labute approximate surface area is 192 Å². The lowest BCUT2D eigenvalue weighted by Gasteiger charge is -2.15. The van der Waals surface area contributed by atoms with Gasteiger partial charge in [0.1, 0.15) is 22.2 Å². The van der Waals surface area contributed by atoms with Crippen LogP contribution in [0.25, 0.3) is 0 Å². The SMILES string of the molecule is COc1ccc(CNc2sc3c(c2C(=O)Nc2cc(OC)ccc2OC)CCCC3)cc1. The monoisotopic (exact) mass is 452 g/mol. The van der Waals surface area contributed by atoms with E-state index in [9.17, 15) is 4.79 Å². The van der Waals surface area contributed by atoms with Crippen LogP contribution in [0.2, 0.25) is 0 Å². The number of ether oxygens (including phenoxy) is 3. The molecule has 0 radical (unpaired) electrons. The highest BCUT2D eigenvalue weighted by atomic mass is 32.1. The number of nitrogens with one attached hydrogen (secondary N) is 2. The normalized spacial score (nSPS) is 12.6. The Morgan fingerprint density at radius 3 is 2.38 bits per heavy atom. The van der Waals surface area contributed by atoms with Crippen LogP contribution < -0.4 is 24.8 Å². The van der Waals surface area contributed by atoms with E-state index in [2.05, 4.69) is 10.6 Å². The maximum atomic E-state index is 13.5. The molecule has 3 aromatic rings. The lowest BCUT2D eigenvalue weighted by molar-refractivity contribution is 0.102. The summed E-state index contributed by atoms with van der Waals surface area (Å²) in [6.45, 7) is 0.631. The van der Waals surface area contributed by atoms with Crippen LogP contribution in [0, 0.1) is 0 Å². The maximum absolute atomic E-state index is 13.5. The standard InChI is InChI=1S/C25H28N2O4S/c1-29-17-10-8-16(9-11-17)15-26-25-23(19-6-4-5-7-22(19)32-25)24(28)27-20-14-18(30-2)12-13-21(20)31-3/h8-14,26H,4-7,15H2,1-3H3,(H,27,28). The van der Waals surface area contributed by atoms with Crippen LogP contribution in [-0.2, 0) is 19.4 Å². The van der Waals surface area contributed by atoms with Gasteiger partial charge in [-0.1, -0.05) is 12.1 Å². The summed E-state index contributed by atoms with van der Waals surface area (Å²) < 4.78 is 16.0. The molecule has 168 valence electrons. The van der Waals surface area contributed by atoms with Crippen LogP contribution in [0.15, 0.2) is 42.5 Å². The summed E-state index contributed by atoms with van der Waals surface area (Å²) in [6.07, 6.45) is 4.21. The molecule has 1 aliphatic rings. The molecule has 2 aromatic carbocycles. The van der Waals surface area contributed by atoms with Crippen molar-refractivity contribution < 1.29 is 19.0 Å². The number of rotatable bonds is 8. The van der Waals surface area contributed by atoms with Crippen molar-refractivity contribution in [1.29, 1.82) is 0 Å². The van der Waals surface area contributed by atoms with Crippen molar-refractivity contribution in [3.8, 4) is 17.2 Å². The zero-order chi connectivity index (χ0) is 22.5. The number of methoxy groups -OCH3 is 3. The van der Waals surface area contributed by atoms with Gasteiger partial charge in [-0.3, -0.25) is 4.79 Å². The second-order valence-corrected chi connectivity index (χ2v) is 8.74. The van der Waals surface area contributed by atoms with E-state index in [1.807, 2.05) is 30.3 Å². The third kappa shape index (κ3) is 4.67. The molecule has 32 heavy (non-hydrogen) atoms. The molecule has 1 amide bonds. The molecule has 0 saturated heterocycles. The Balaban J connectivity index is 1.60. The van der Waals surface area contributed by atoms with E-state index in [0.29, 0.717) is 23.7 Å². The highest BCUT2D eigenvalue weighted by molar-refractivity contribution is 7.16. The van der Waals surface area contributed by atoms with Crippen molar-refractivity contribution >= 4 is 27.9 Å². The van der Waals surface area contributed by atoms with E-state index in [4.69, 9.17) is 14.2 Å². The smallest absolute Gasteiger partial charge is 0.259 e. The van der Waals surface area contributed by atoms with Gasteiger partial charge in [-0.2, -0.15) is 0 Å². The molecule has 0 fully saturated rings. The van der Waals surface area contributed by atoms with E-state index in [1.54, 1.807) is 44.8 Å². The highest BCUT2D eigenvalue weighted by Crippen LogP contribution is 2.39. The minimum absolute atomic E-state index is 0.131. The average Bonchev–Trinajstić information content (AvgIpc) is 3.21. The Kier molecular flexibility index (Phi) is 6.85. The van der Waals surface area contributed by atoms with Crippen LogP contribution >= 0.6 is 11.3 Å². The number of anilines is 2. The molecule has 1 aromatic heterocycles. The van der Waals surface area contributed by atoms with Crippen molar-refractivity contribution in [3.63, 3.8) is 0 Å². The van der Waals surface area contributed by atoms with Crippen molar-refractivity contribution in [2.24, 2.45) is 0 Å². The van der Waals surface area contributed by atoms with Crippen molar-refractivity contribution in [3.05, 3.63) is 64.0 Å². The number of fused-ring (bicyclic) bond motifs is 1. The van der Waals surface area contributed by atoms with Gasteiger partial charge in [-0.25, -0.2) is 0 Å². The summed E-state index contributed by atoms with van der Waals surface area (Å²) in [6, 6.07) is 13.3. The summed E-state index contributed by atoms with van der Waals surface area (Å²) in [5.41, 5.74) is 3.62. The number of carbonyl (C=O) groups is 1. The van der Waals surface area contributed by atoms with Crippen LogP contribution in [0.1, 0.15) is 39.2 Å². The van der Waals surface area contributed by atoms with Gasteiger partial charge in [0.05, 0.1) is 32.6 Å². The molecule has 0 atom stereocenters. The second-order valence-electron chi connectivity index (χ2n) is 7.64. The van der Waals surface area contributed by atoms with E-state index >= 15 is 0 Å². The Morgan fingerprint density at radius 2 is 1.66 bits per heavy atom. The molecule has 2 N–H and O–H groups in total. The van der Waals surface area contributed by atoms with E-state index in [1.165, 1.54) is 4.88 Å². The van der Waals surface area contributed by atoms with Gasteiger partial charge in [-0.15, -0.1) is 11.3 Å². The van der Waals surface area contributed by atoms with Gasteiger partial charge < -0.3 is 24.8 Å². The molecular weight excluding hydrogens is 424 g/mol. The number of aryl methyl sites for hydroxylation is 1. The zero-order valence-electron chi connectivity index (χ0n) is 18.6. The number of thiophene rings is 1. The van der Waals surface area contributed by atoms with Gasteiger partial charge >= 0.3 is 0 Å². The van der Waals surface area contributed by atoms with Gasteiger partial charge in [0.2, 0.25) is 0 Å². The second kappa shape index (κ2) is 9.96. The van der Waals surface area contributed by atoms with Crippen molar-refractivity contribution in [2.45, 2.75) is 32.2 Å². The van der Waals surface area contributed by atoms with Crippen molar-refractivity contribution in [2.75, 3.05) is 32.0 Å². The average molecular weight is 453 g/mol. The first kappa shape index (κ1) is 22.0. The summed E-state index contributed by atoms with van der Waals surface area (Å²) in [4.78, 5) is 14.8. The zero-order valence-corrected chi connectivity index (χ0v) is 19.4. The quantitative estimate of drug-likeness (QED) is 0.471. The summed E-state index contributed by atoms with van der Waals surface area (Å²) in [7, 11) is 4.85. The minimum Gasteiger partial charge on any atom is -0.497 e. The molecule has 0 bridgehead atoms. The summed E-state index contributed by atoms with van der Waals surface area (Å²) in [5, 5.41) is 7.46. The Morgan fingerprint density at radius 1 is 0.938 bits per heavy atom. The largest absolute Gasteiger partial charge is 0.497 e. The summed E-state index contributed by atoms with van der Waals surface area (Å²) >= 11 is 1.69. The van der Waals surface area contributed by atoms with Gasteiger partial charge in [0, 0.05) is 17.5 Å². The molecule has 0 spiro atoms. The number of benzene rings is 2. The van der Waals surface area contributed by atoms with Crippen LogP contribution in [-0.4, -0.2) is 27.2 Å². The molecule has 6 nitrogen and oxygen atoms in total. The number of amides is 1. The van der Waals surface area contributed by atoms with Crippen molar-refractivity contribution in [1.82, 2.24) is 0 Å². The van der Waals surface area contributed by atoms with Crippen LogP contribution in [0.3, 0.4) is 0 Å². The molecule has 7 heteroatoms. The van der Waals surface area contributed by atoms with Crippen LogP contribution in [0.5, 0.6) is 17.2 Å². The van der Waals surface area contributed by atoms with E-state index in [0.717, 1.165) is 53.1 Å². The first-order valence-electron chi connectivity index (χ1n) is 10.7. The van der Waals surface area contributed by atoms with E-state index < -0.39 is 0 Å². The van der Waals surface area contributed by atoms with Crippen LogP contribution in [0.4, 0.5) is 10.7 Å². The molecule has 1 aliphatic carbocycles. The predicted octanol–water partition coefficient (Wildman–Crippen LogP) is 5.52. The van der Waals surface area contributed by atoms with E-state index in [-0.39, 0.29) is 5.91 Å². The molecule has 0 unspecified atom stereocenters. The first-order chi connectivity index (χ1) is 15.6. The molecule has 1 heterocycles. The highest BCUT2D eigenvalue weighted by Gasteiger charge is 2.26. The Bertz CT molecular complexity index is 1090. The minimum atomic E-state index is -0.131. The lowest BCUT2D eigenvalue weighted by Crippen LogP contribution is -2.17. The number of hydrogen-bond donors (Lipinski definition) is 2. The predicted molar refractivity (Wildman–Crippen MR) is 129 cm³/mol. The molecule has 0 aliphatic heterocycles. The third-order valence-electron chi connectivity index (χ3n) is 5.67. The summed E-state index contributed by atoms with van der Waals surface area (Å²) in [5.74, 6) is 1.95. The lowest BCUT2D eigenvalue weighted by atomic mass is 9.95. The molecule has 4 rings (SSSR count). The maximum Gasteiger partial charge on any atom is 0.259 e. The first-order valence-corrected chi connectivity index (χ1v) is 11.5. The fraction of sp³-hybridized carbons (Fsp3) is 0.320. The third-order valence-corrected chi connectivity index (χ3v) is 6.91. The molecular formula is C25H28N2O4S. The van der Waals surface area contributed by atoms with Gasteiger partial charge in [0.25, 0.3) is 5.91 Å². The van der Waals surface area contributed by atoms with Gasteiger partial charge in [0.15, 0.2) is 0 Å². The Hall–Kier alpha value is -3.19.